The molecule has 0 aliphatic carbocycles. The zero-order chi connectivity index (χ0) is 48.1. The van der Waals surface area contributed by atoms with Gasteiger partial charge in [-0.1, -0.05) is 101 Å². The number of nitrogens with zero attached hydrogens (tertiary/aromatic N) is 5. The largest absolute Gasteiger partial charge is 0.507 e. The molecule has 4 atom stereocenters. The number of hydrogen-bond donors (Lipinski definition) is 5. The minimum Gasteiger partial charge on any atom is -0.507 e. The van der Waals surface area contributed by atoms with Gasteiger partial charge in [-0.15, -0.1) is 21.5 Å². The highest BCUT2D eigenvalue weighted by atomic mass is 32.1. The van der Waals surface area contributed by atoms with Crippen LogP contribution >= 0.6 is 11.3 Å². The minimum absolute atomic E-state index is 0.00531. The summed E-state index contributed by atoms with van der Waals surface area (Å²) in [7, 11) is 1.67. The molecule has 15 nitrogen and oxygen atoms in total. The van der Waals surface area contributed by atoms with E-state index in [1.54, 1.807) is 54.2 Å². The fraction of sp³-hybridized carbons (Fsp3) is 0.431. The fourth-order valence-corrected chi connectivity index (χ4v) is 9.03. The molecule has 67 heavy (non-hydrogen) atoms. The number of hydrogen-bond acceptors (Lipinski definition) is 12. The lowest BCUT2D eigenvalue weighted by Gasteiger charge is -2.36. The lowest BCUT2D eigenvalue weighted by Crippen LogP contribution is -2.57. The number of thiazole rings is 1. The van der Waals surface area contributed by atoms with Crippen molar-refractivity contribution in [1.82, 2.24) is 30.7 Å². The maximum Gasteiger partial charge on any atom is 0.249 e. The maximum atomic E-state index is 14.1. The van der Waals surface area contributed by atoms with Crippen molar-refractivity contribution >= 4 is 46.5 Å². The number of phenols is 1. The topological polar surface area (TPSA) is 213 Å². The third kappa shape index (κ3) is 13.6. The number of aryl methyl sites for hydroxylation is 1. The van der Waals surface area contributed by atoms with Gasteiger partial charge >= 0.3 is 0 Å². The van der Waals surface area contributed by atoms with Crippen molar-refractivity contribution in [3.8, 4) is 33.2 Å². The first kappa shape index (κ1) is 50.0. The van der Waals surface area contributed by atoms with Crippen LogP contribution in [0.2, 0.25) is 0 Å². The summed E-state index contributed by atoms with van der Waals surface area (Å²) in [5.41, 5.74) is 11.8. The van der Waals surface area contributed by atoms with Crippen LogP contribution in [-0.4, -0.2) is 98.9 Å². The SMILES string of the molecule is Cc1ncsc1-c1ccc(N(C)C(=O)[C@@H]2C[C@@H](O)CN2C(=O)[C@@H](NC(=O)CCCCCCCCC(=O)NCC(COc2cc(-c3ccccc3O)nnc2N)c2ccccc2)C(C)(C)C)cc1. The summed E-state index contributed by atoms with van der Waals surface area (Å²) in [6, 6.07) is 24.1. The number of aromatic hydroxyl groups is 1. The number of aromatic nitrogens is 3. The van der Waals surface area contributed by atoms with Gasteiger partial charge in [0.05, 0.1) is 28.8 Å². The molecule has 3 aromatic carbocycles. The number of nitrogens with two attached hydrogens (primary N) is 1. The van der Waals surface area contributed by atoms with Gasteiger partial charge in [-0.3, -0.25) is 19.2 Å². The van der Waals surface area contributed by atoms with E-state index in [9.17, 15) is 29.4 Å². The zero-order valence-corrected chi connectivity index (χ0v) is 39.9. The number of carbonyl (C=O) groups is 4. The number of unbranched alkanes of at least 4 members (excludes halogenated alkanes) is 5. The summed E-state index contributed by atoms with van der Waals surface area (Å²) in [6.45, 7) is 8.17. The smallest absolute Gasteiger partial charge is 0.249 e. The molecule has 1 aliphatic rings. The number of nitrogen functional groups attached to an aromatic ring is 1. The van der Waals surface area contributed by atoms with Crippen molar-refractivity contribution in [2.45, 2.75) is 110 Å². The molecule has 4 amide bonds. The molecule has 16 heteroatoms. The third-order valence-corrected chi connectivity index (χ3v) is 13.1. The number of likely N-dealkylation sites (tertiary alicyclic amines) is 1. The summed E-state index contributed by atoms with van der Waals surface area (Å²) in [6.07, 6.45) is 4.77. The van der Waals surface area contributed by atoms with Crippen LogP contribution in [0.4, 0.5) is 11.5 Å². The van der Waals surface area contributed by atoms with Gasteiger partial charge in [0.1, 0.15) is 23.5 Å². The number of likely N-dealkylation sites (N-methyl/N-ethyl adjacent to an activating group) is 1. The Bertz CT molecular complexity index is 2440. The summed E-state index contributed by atoms with van der Waals surface area (Å²) in [5, 5.41) is 35.2. The standard InChI is InChI=1S/C51H64N8O7S/c1-33-46(67-32-54-33)35-23-25-37(26-24-35)58(5)49(64)41-27-38(60)30-59(41)50(65)47(51(2,3)4)55-45(63)22-14-9-7-6-8-13-21-44(62)53-29-36(34-17-11-10-12-18-34)31-66-43-28-40(56-57-48(43)52)39-19-15-16-20-42(39)61/h10-12,15-20,23-26,28,32,36,38,41,47,60-61H,6-9,13-14,21-22,27,29-31H2,1-5H3,(H2,52,57)(H,53,62)(H,55,63)/t36?,38-,41+,47-/m1/s1. The Kier molecular flexibility index (Phi) is 17.4. The molecule has 0 saturated carbocycles. The highest BCUT2D eigenvalue weighted by Crippen LogP contribution is 2.33. The molecule has 1 aliphatic heterocycles. The number of para-hydroxylation sites is 1. The number of phenolic OH excluding ortho intramolecular Hbond substituents is 1. The summed E-state index contributed by atoms with van der Waals surface area (Å²) in [4.78, 5) is 62.6. The lowest BCUT2D eigenvalue weighted by atomic mass is 9.85. The number of carbonyl (C=O) groups excluding carboxylic acids is 4. The average molecular weight is 933 g/mol. The number of β-amino-alcohol motifs (C(OH)–C–C–N with tert-alkyl or cyclic N) is 1. The van der Waals surface area contributed by atoms with Crippen molar-refractivity contribution in [3.05, 3.63) is 102 Å². The first-order chi connectivity index (χ1) is 32.1. The lowest BCUT2D eigenvalue weighted by molar-refractivity contribution is -0.143. The molecule has 1 unspecified atom stereocenters. The van der Waals surface area contributed by atoms with Crippen LogP contribution in [0.1, 0.15) is 95.7 Å². The fourth-order valence-electron chi connectivity index (χ4n) is 8.22. The van der Waals surface area contributed by atoms with E-state index >= 15 is 0 Å². The average Bonchev–Trinajstić information content (AvgIpc) is 3.93. The van der Waals surface area contributed by atoms with Crippen molar-refractivity contribution in [2.75, 3.05) is 37.4 Å². The number of ether oxygens (including phenoxy) is 1. The Morgan fingerprint density at radius 2 is 1.57 bits per heavy atom. The highest BCUT2D eigenvalue weighted by Gasteiger charge is 2.45. The normalized spacial score (nSPS) is 15.7. The second-order valence-electron chi connectivity index (χ2n) is 18.3. The second-order valence-corrected chi connectivity index (χ2v) is 19.2. The van der Waals surface area contributed by atoms with Crippen LogP contribution in [0.5, 0.6) is 11.5 Å². The number of aliphatic hydroxyl groups is 1. The van der Waals surface area contributed by atoms with E-state index in [1.807, 2.05) is 82.3 Å². The van der Waals surface area contributed by atoms with Gasteiger partial charge < -0.3 is 41.1 Å². The van der Waals surface area contributed by atoms with Crippen molar-refractivity contribution in [3.63, 3.8) is 0 Å². The molecular formula is C51H64N8O7S. The molecule has 6 N–H and O–H groups in total. The molecule has 0 radical (unpaired) electrons. The van der Waals surface area contributed by atoms with Gasteiger partial charge in [0, 0.05) is 62.6 Å². The van der Waals surface area contributed by atoms with Crippen molar-refractivity contribution < 1.29 is 34.1 Å². The van der Waals surface area contributed by atoms with Crippen LogP contribution in [0.25, 0.3) is 21.7 Å². The molecule has 0 spiro atoms. The van der Waals surface area contributed by atoms with Crippen LogP contribution in [0.15, 0.2) is 90.4 Å². The Morgan fingerprint density at radius 3 is 2.22 bits per heavy atom. The van der Waals surface area contributed by atoms with Gasteiger partial charge in [-0.2, -0.15) is 0 Å². The number of amides is 4. The molecule has 5 aromatic rings. The number of benzene rings is 3. The maximum absolute atomic E-state index is 14.1. The molecule has 3 heterocycles. The molecule has 1 saturated heterocycles. The molecule has 2 aromatic heterocycles. The number of aliphatic hydroxyl groups excluding tert-OH is 1. The molecule has 356 valence electrons. The highest BCUT2D eigenvalue weighted by molar-refractivity contribution is 7.13. The van der Waals surface area contributed by atoms with Gasteiger partial charge in [0.25, 0.3) is 0 Å². The van der Waals surface area contributed by atoms with E-state index in [0.29, 0.717) is 42.1 Å². The summed E-state index contributed by atoms with van der Waals surface area (Å²) < 4.78 is 6.14. The van der Waals surface area contributed by atoms with E-state index in [-0.39, 0.29) is 67.1 Å². The zero-order valence-electron chi connectivity index (χ0n) is 39.1. The van der Waals surface area contributed by atoms with E-state index in [1.165, 1.54) is 9.80 Å². The summed E-state index contributed by atoms with van der Waals surface area (Å²) >= 11 is 1.55. The second kappa shape index (κ2) is 23.4. The van der Waals surface area contributed by atoms with Gasteiger partial charge in [0.2, 0.25) is 23.6 Å². The monoisotopic (exact) mass is 932 g/mol. The van der Waals surface area contributed by atoms with E-state index < -0.39 is 23.6 Å². The minimum atomic E-state index is -0.892. The first-order valence-electron chi connectivity index (χ1n) is 23.0. The van der Waals surface area contributed by atoms with Crippen molar-refractivity contribution in [2.24, 2.45) is 5.41 Å². The van der Waals surface area contributed by atoms with Crippen LogP contribution < -0.4 is 26.0 Å². The van der Waals surface area contributed by atoms with Gasteiger partial charge in [-0.25, -0.2) is 4.98 Å². The quantitative estimate of drug-likeness (QED) is 0.0457. The van der Waals surface area contributed by atoms with E-state index in [4.69, 9.17) is 10.5 Å². The molecule has 0 bridgehead atoms. The van der Waals surface area contributed by atoms with E-state index in [0.717, 1.165) is 53.8 Å². The Labute approximate surface area is 397 Å². The number of nitrogens with one attached hydrogen (secondary N) is 2. The van der Waals surface area contributed by atoms with Crippen LogP contribution in [0, 0.1) is 12.3 Å². The number of anilines is 2. The molecule has 1 fully saturated rings. The Balaban J connectivity index is 0.906. The van der Waals surface area contributed by atoms with E-state index in [2.05, 4.69) is 25.8 Å². The predicted octanol–water partition coefficient (Wildman–Crippen LogP) is 7.42. The number of rotatable bonds is 21. The summed E-state index contributed by atoms with van der Waals surface area (Å²) in [5.74, 6) is -0.637. The van der Waals surface area contributed by atoms with Crippen molar-refractivity contribution in [1.29, 1.82) is 0 Å². The van der Waals surface area contributed by atoms with Gasteiger partial charge in [-0.05, 0) is 60.6 Å². The first-order valence-corrected chi connectivity index (χ1v) is 23.9. The van der Waals surface area contributed by atoms with Gasteiger partial charge in [0.15, 0.2) is 11.6 Å². The van der Waals surface area contributed by atoms with Crippen LogP contribution in [0.3, 0.4) is 0 Å². The predicted molar refractivity (Wildman–Crippen MR) is 261 cm³/mol. The molecule has 6 rings (SSSR count). The van der Waals surface area contributed by atoms with Crippen LogP contribution in [-0.2, 0) is 19.2 Å². The Hall–Kier alpha value is -6.39. The molecular weight excluding hydrogens is 869 g/mol. The Morgan fingerprint density at radius 1 is 0.910 bits per heavy atom. The third-order valence-electron chi connectivity index (χ3n) is 12.1.